The van der Waals surface area contributed by atoms with Crippen molar-refractivity contribution in [2.24, 2.45) is 0 Å². The summed E-state index contributed by atoms with van der Waals surface area (Å²) in [5.41, 5.74) is 0.936. The Labute approximate surface area is 156 Å². The van der Waals surface area contributed by atoms with Crippen LogP contribution >= 0.6 is 11.6 Å². The number of hydrogen-bond donors (Lipinski definition) is 1. The molecule has 3 aromatic rings. The normalized spacial score (nSPS) is 11.8. The Morgan fingerprint density at radius 3 is 2.85 bits per heavy atom. The Morgan fingerprint density at radius 2 is 2.12 bits per heavy atom. The lowest BCUT2D eigenvalue weighted by Gasteiger charge is -2.15. The highest BCUT2D eigenvalue weighted by atomic mass is 35.5. The molecule has 0 aliphatic heterocycles. The van der Waals surface area contributed by atoms with Gasteiger partial charge < -0.3 is 10.1 Å². The molecule has 0 saturated heterocycles. The predicted octanol–water partition coefficient (Wildman–Crippen LogP) is 3.31. The van der Waals surface area contributed by atoms with Crippen LogP contribution in [0.1, 0.15) is 18.3 Å². The molecule has 1 unspecified atom stereocenters. The number of amides is 1. The average molecular weight is 371 g/mol. The number of pyridine rings is 1. The molecule has 7 heteroatoms. The Morgan fingerprint density at radius 1 is 1.27 bits per heavy atom. The number of aryl methyl sites for hydroxylation is 1. The van der Waals surface area contributed by atoms with Gasteiger partial charge in [0.2, 0.25) is 0 Å². The SMILES string of the molecule is Cc1nccn1-c1cc(CNC(=O)C(C)Oc2cccc(Cl)c2)ccn1. The summed E-state index contributed by atoms with van der Waals surface area (Å²) >= 11 is 5.92. The van der Waals surface area contributed by atoms with Crippen LogP contribution in [-0.4, -0.2) is 26.5 Å². The molecule has 2 aromatic heterocycles. The van der Waals surface area contributed by atoms with Crippen LogP contribution in [0.2, 0.25) is 5.02 Å². The van der Waals surface area contributed by atoms with E-state index in [1.54, 1.807) is 43.6 Å². The first-order valence-electron chi connectivity index (χ1n) is 8.18. The highest BCUT2D eigenvalue weighted by molar-refractivity contribution is 6.30. The molecule has 6 nitrogen and oxygen atoms in total. The molecular formula is C19H19ClN4O2. The fraction of sp³-hybridized carbons (Fsp3) is 0.211. The molecule has 1 N–H and O–H groups in total. The number of ether oxygens (including phenoxy) is 1. The van der Waals surface area contributed by atoms with Gasteiger partial charge in [-0.3, -0.25) is 9.36 Å². The van der Waals surface area contributed by atoms with Gasteiger partial charge in [-0.05, 0) is 49.7 Å². The lowest BCUT2D eigenvalue weighted by atomic mass is 10.2. The highest BCUT2D eigenvalue weighted by Gasteiger charge is 2.14. The van der Waals surface area contributed by atoms with Crippen molar-refractivity contribution in [1.29, 1.82) is 0 Å². The third-order valence-corrected chi connectivity index (χ3v) is 4.06. The van der Waals surface area contributed by atoms with Gasteiger partial charge >= 0.3 is 0 Å². The van der Waals surface area contributed by atoms with Crippen LogP contribution < -0.4 is 10.1 Å². The summed E-state index contributed by atoms with van der Waals surface area (Å²) in [7, 11) is 0. The molecule has 0 spiro atoms. The summed E-state index contributed by atoms with van der Waals surface area (Å²) in [4.78, 5) is 20.8. The lowest BCUT2D eigenvalue weighted by Crippen LogP contribution is -2.35. The van der Waals surface area contributed by atoms with E-state index in [-0.39, 0.29) is 5.91 Å². The summed E-state index contributed by atoms with van der Waals surface area (Å²) in [5.74, 6) is 1.96. The molecule has 0 bridgehead atoms. The van der Waals surface area contributed by atoms with E-state index in [0.717, 1.165) is 17.2 Å². The van der Waals surface area contributed by atoms with Gasteiger partial charge in [-0.15, -0.1) is 0 Å². The molecule has 1 aromatic carbocycles. The Bertz CT molecular complexity index is 910. The molecule has 0 aliphatic rings. The topological polar surface area (TPSA) is 69.0 Å². The lowest BCUT2D eigenvalue weighted by molar-refractivity contribution is -0.127. The van der Waals surface area contributed by atoms with E-state index < -0.39 is 6.10 Å². The van der Waals surface area contributed by atoms with Crippen LogP contribution in [0.5, 0.6) is 5.75 Å². The summed E-state index contributed by atoms with van der Waals surface area (Å²) in [6.07, 6.45) is 4.65. The second-order valence-electron chi connectivity index (χ2n) is 5.80. The minimum absolute atomic E-state index is 0.206. The molecule has 0 fully saturated rings. The number of aromatic nitrogens is 3. The van der Waals surface area contributed by atoms with Gasteiger partial charge in [-0.25, -0.2) is 9.97 Å². The smallest absolute Gasteiger partial charge is 0.261 e. The van der Waals surface area contributed by atoms with E-state index in [9.17, 15) is 4.79 Å². The second kappa shape index (κ2) is 8.01. The Hall–Kier alpha value is -2.86. The van der Waals surface area contributed by atoms with Crippen molar-refractivity contribution in [1.82, 2.24) is 19.9 Å². The van der Waals surface area contributed by atoms with Gasteiger partial charge in [0.1, 0.15) is 17.4 Å². The van der Waals surface area contributed by atoms with Gasteiger partial charge in [-0.1, -0.05) is 17.7 Å². The number of halogens is 1. The van der Waals surface area contributed by atoms with Crippen LogP contribution in [0.15, 0.2) is 55.0 Å². The molecule has 1 amide bonds. The van der Waals surface area contributed by atoms with E-state index in [1.165, 1.54) is 0 Å². The number of rotatable bonds is 6. The summed E-state index contributed by atoms with van der Waals surface area (Å²) < 4.78 is 7.51. The van der Waals surface area contributed by atoms with E-state index in [0.29, 0.717) is 17.3 Å². The Kier molecular flexibility index (Phi) is 5.53. The minimum atomic E-state index is -0.634. The number of nitrogens with zero attached hydrogens (tertiary/aromatic N) is 3. The van der Waals surface area contributed by atoms with E-state index in [1.807, 2.05) is 29.8 Å². The zero-order chi connectivity index (χ0) is 18.5. The number of nitrogens with one attached hydrogen (secondary N) is 1. The van der Waals surface area contributed by atoms with Crippen LogP contribution in [0.25, 0.3) is 5.82 Å². The van der Waals surface area contributed by atoms with Gasteiger partial charge in [-0.2, -0.15) is 0 Å². The van der Waals surface area contributed by atoms with Crippen LogP contribution in [-0.2, 0) is 11.3 Å². The van der Waals surface area contributed by atoms with Gasteiger partial charge in [0, 0.05) is 30.2 Å². The van der Waals surface area contributed by atoms with Gasteiger partial charge in [0.15, 0.2) is 6.10 Å². The third kappa shape index (κ3) is 4.40. The summed E-state index contributed by atoms with van der Waals surface area (Å²) in [5, 5.41) is 3.44. The first kappa shape index (κ1) is 17.9. The van der Waals surface area contributed by atoms with Gasteiger partial charge in [0.25, 0.3) is 5.91 Å². The second-order valence-corrected chi connectivity index (χ2v) is 6.24. The molecule has 3 rings (SSSR count). The van der Waals surface area contributed by atoms with Crippen LogP contribution in [0.3, 0.4) is 0 Å². The molecule has 26 heavy (non-hydrogen) atoms. The van der Waals surface area contributed by atoms with Crippen LogP contribution in [0, 0.1) is 6.92 Å². The Balaban J connectivity index is 1.60. The van der Waals surface area contributed by atoms with Crippen molar-refractivity contribution in [3.63, 3.8) is 0 Å². The number of carbonyl (C=O) groups is 1. The maximum Gasteiger partial charge on any atom is 0.261 e. The molecule has 1 atom stereocenters. The molecule has 0 saturated carbocycles. The summed E-state index contributed by atoms with van der Waals surface area (Å²) in [6, 6.07) is 10.7. The first-order valence-corrected chi connectivity index (χ1v) is 8.56. The first-order chi connectivity index (χ1) is 12.5. The van der Waals surface area contributed by atoms with E-state index in [4.69, 9.17) is 16.3 Å². The van der Waals surface area contributed by atoms with Crippen molar-refractivity contribution in [2.75, 3.05) is 0 Å². The quantitative estimate of drug-likeness (QED) is 0.722. The largest absolute Gasteiger partial charge is 0.481 e. The third-order valence-electron chi connectivity index (χ3n) is 3.83. The highest BCUT2D eigenvalue weighted by Crippen LogP contribution is 2.18. The van der Waals surface area contributed by atoms with Crippen LogP contribution in [0.4, 0.5) is 0 Å². The number of imidazole rings is 1. The monoisotopic (exact) mass is 370 g/mol. The number of benzene rings is 1. The van der Waals surface area contributed by atoms with Gasteiger partial charge in [0.05, 0.1) is 0 Å². The molecule has 0 aliphatic carbocycles. The molecular weight excluding hydrogens is 352 g/mol. The maximum atomic E-state index is 12.3. The molecule has 134 valence electrons. The van der Waals surface area contributed by atoms with E-state index in [2.05, 4.69) is 15.3 Å². The average Bonchev–Trinajstić information content (AvgIpc) is 3.06. The fourth-order valence-corrected chi connectivity index (χ4v) is 2.63. The van der Waals surface area contributed by atoms with Crippen molar-refractivity contribution in [2.45, 2.75) is 26.5 Å². The summed E-state index contributed by atoms with van der Waals surface area (Å²) in [6.45, 7) is 3.99. The molecule has 2 heterocycles. The number of hydrogen-bond acceptors (Lipinski definition) is 4. The van der Waals surface area contributed by atoms with E-state index >= 15 is 0 Å². The fourth-order valence-electron chi connectivity index (χ4n) is 2.45. The van der Waals surface area contributed by atoms with Crippen molar-refractivity contribution < 1.29 is 9.53 Å². The number of carbonyl (C=O) groups excluding carboxylic acids is 1. The standard InChI is InChI=1S/C19H19ClN4O2/c1-13(26-17-5-3-4-16(20)11-17)19(25)23-12-15-6-7-22-18(10-15)24-9-8-21-14(24)2/h3-11,13H,12H2,1-2H3,(H,23,25). The molecule has 0 radical (unpaired) electrons. The van der Waals surface area contributed by atoms with Crippen molar-refractivity contribution in [3.05, 3.63) is 71.4 Å². The maximum absolute atomic E-state index is 12.3. The zero-order valence-electron chi connectivity index (χ0n) is 14.5. The van der Waals surface area contributed by atoms with Crippen molar-refractivity contribution >= 4 is 17.5 Å². The van der Waals surface area contributed by atoms with Crippen molar-refractivity contribution in [3.8, 4) is 11.6 Å². The predicted molar refractivity (Wildman–Crippen MR) is 99.5 cm³/mol. The zero-order valence-corrected chi connectivity index (χ0v) is 15.3. The minimum Gasteiger partial charge on any atom is -0.481 e.